The molecule has 0 amide bonds. The first-order valence-electron chi connectivity index (χ1n) is 6.65. The monoisotopic (exact) mass is 294 g/mol. The standard InChI is InChI=1S/C13H18N4O4/c1-3-21-10(18)9-6-15-12(16-8(9)2)17-5-4-13(14,7-17)11(19)20/h6H,3-5,7,14H2,1-2H3,(H,19,20). The van der Waals surface area contributed by atoms with Gasteiger partial charge in [0.15, 0.2) is 0 Å². The lowest BCUT2D eigenvalue weighted by Gasteiger charge is -2.20. The van der Waals surface area contributed by atoms with Crippen molar-refractivity contribution in [3.8, 4) is 0 Å². The van der Waals surface area contributed by atoms with Crippen LogP contribution >= 0.6 is 0 Å². The molecule has 0 aliphatic carbocycles. The molecule has 1 aromatic heterocycles. The highest BCUT2D eigenvalue weighted by Gasteiger charge is 2.42. The summed E-state index contributed by atoms with van der Waals surface area (Å²) in [6.45, 7) is 4.28. The molecule has 1 atom stereocenters. The second-order valence-corrected chi connectivity index (χ2v) is 5.02. The van der Waals surface area contributed by atoms with Gasteiger partial charge in [0.05, 0.1) is 17.9 Å². The zero-order valence-corrected chi connectivity index (χ0v) is 12.0. The third kappa shape index (κ3) is 2.94. The maximum atomic E-state index is 11.7. The average Bonchev–Trinajstić information content (AvgIpc) is 2.83. The van der Waals surface area contributed by atoms with E-state index >= 15 is 0 Å². The number of carboxylic acids is 1. The fraction of sp³-hybridized carbons (Fsp3) is 0.538. The van der Waals surface area contributed by atoms with Crippen molar-refractivity contribution in [1.29, 1.82) is 0 Å². The highest BCUT2D eigenvalue weighted by atomic mass is 16.5. The number of nitrogens with two attached hydrogens (primary N) is 1. The molecule has 1 aromatic rings. The van der Waals surface area contributed by atoms with E-state index in [1.54, 1.807) is 18.7 Å². The lowest BCUT2D eigenvalue weighted by atomic mass is 10.0. The number of esters is 1. The molecule has 8 nitrogen and oxygen atoms in total. The highest BCUT2D eigenvalue weighted by Crippen LogP contribution is 2.23. The number of anilines is 1. The van der Waals surface area contributed by atoms with E-state index in [0.29, 0.717) is 30.2 Å². The van der Waals surface area contributed by atoms with Gasteiger partial charge in [0.25, 0.3) is 0 Å². The van der Waals surface area contributed by atoms with Gasteiger partial charge in [0.1, 0.15) is 5.54 Å². The smallest absolute Gasteiger partial charge is 0.341 e. The number of hydrogen-bond acceptors (Lipinski definition) is 7. The Bertz CT molecular complexity index is 577. The summed E-state index contributed by atoms with van der Waals surface area (Å²) in [5.74, 6) is -1.14. The largest absolute Gasteiger partial charge is 0.480 e. The molecule has 2 rings (SSSR count). The molecule has 0 saturated carbocycles. The van der Waals surface area contributed by atoms with E-state index in [-0.39, 0.29) is 13.2 Å². The van der Waals surface area contributed by atoms with E-state index in [2.05, 4.69) is 9.97 Å². The number of carboxylic acid groups (broad SMARTS) is 1. The molecule has 0 bridgehead atoms. The predicted octanol–water partition coefficient (Wildman–Crippen LogP) is -0.0461. The van der Waals surface area contributed by atoms with Gasteiger partial charge < -0.3 is 20.5 Å². The number of nitrogens with zero attached hydrogens (tertiary/aromatic N) is 3. The third-order valence-corrected chi connectivity index (χ3v) is 3.47. The van der Waals surface area contributed by atoms with Crippen molar-refractivity contribution >= 4 is 17.9 Å². The minimum atomic E-state index is -1.28. The van der Waals surface area contributed by atoms with E-state index < -0.39 is 17.5 Å². The van der Waals surface area contributed by atoms with Crippen LogP contribution in [-0.2, 0) is 9.53 Å². The lowest BCUT2D eigenvalue weighted by molar-refractivity contribution is -0.142. The summed E-state index contributed by atoms with van der Waals surface area (Å²) in [6.07, 6.45) is 1.72. The van der Waals surface area contributed by atoms with Crippen LogP contribution in [-0.4, -0.2) is 52.2 Å². The van der Waals surface area contributed by atoms with Gasteiger partial charge in [-0.05, 0) is 20.3 Å². The normalized spacial score (nSPS) is 21.4. The minimum Gasteiger partial charge on any atom is -0.480 e. The molecule has 0 spiro atoms. The van der Waals surface area contributed by atoms with Crippen LogP contribution < -0.4 is 10.6 Å². The van der Waals surface area contributed by atoms with Crippen LogP contribution in [0.25, 0.3) is 0 Å². The number of ether oxygens (including phenoxy) is 1. The Morgan fingerprint density at radius 3 is 2.81 bits per heavy atom. The molecule has 21 heavy (non-hydrogen) atoms. The fourth-order valence-electron chi connectivity index (χ4n) is 2.19. The molecule has 1 aliphatic heterocycles. The Hall–Kier alpha value is -2.22. The van der Waals surface area contributed by atoms with Crippen LogP contribution in [0.4, 0.5) is 5.95 Å². The number of aryl methyl sites for hydroxylation is 1. The number of rotatable bonds is 4. The second kappa shape index (κ2) is 5.65. The van der Waals surface area contributed by atoms with E-state index in [1.807, 2.05) is 0 Å². The number of carbonyl (C=O) groups is 2. The van der Waals surface area contributed by atoms with Crippen LogP contribution in [0.2, 0.25) is 0 Å². The molecule has 2 heterocycles. The van der Waals surface area contributed by atoms with Gasteiger partial charge in [-0.3, -0.25) is 4.79 Å². The first-order valence-corrected chi connectivity index (χ1v) is 6.65. The van der Waals surface area contributed by atoms with E-state index in [0.717, 1.165) is 0 Å². The van der Waals surface area contributed by atoms with Gasteiger partial charge in [-0.1, -0.05) is 0 Å². The van der Waals surface area contributed by atoms with Crippen LogP contribution in [0.3, 0.4) is 0 Å². The quantitative estimate of drug-likeness (QED) is 0.742. The summed E-state index contributed by atoms with van der Waals surface area (Å²) in [5, 5.41) is 9.11. The van der Waals surface area contributed by atoms with Crippen molar-refractivity contribution in [3.63, 3.8) is 0 Å². The van der Waals surface area contributed by atoms with E-state index in [9.17, 15) is 9.59 Å². The number of aromatic nitrogens is 2. The minimum absolute atomic E-state index is 0.139. The molecule has 0 radical (unpaired) electrons. The Morgan fingerprint density at radius 1 is 1.57 bits per heavy atom. The molecule has 8 heteroatoms. The number of carbonyl (C=O) groups excluding carboxylic acids is 1. The first-order chi connectivity index (χ1) is 9.87. The number of hydrogen-bond donors (Lipinski definition) is 2. The Kier molecular flexibility index (Phi) is 4.08. The second-order valence-electron chi connectivity index (χ2n) is 5.02. The first kappa shape index (κ1) is 15.2. The van der Waals surface area contributed by atoms with Crippen molar-refractivity contribution < 1.29 is 19.4 Å². The molecule has 3 N–H and O–H groups in total. The molecule has 1 aliphatic rings. The van der Waals surface area contributed by atoms with Crippen LogP contribution in [0.15, 0.2) is 6.20 Å². The number of aliphatic carboxylic acids is 1. The average molecular weight is 294 g/mol. The van der Waals surface area contributed by atoms with Crippen molar-refractivity contribution in [3.05, 3.63) is 17.5 Å². The maximum absolute atomic E-state index is 11.7. The molecule has 1 saturated heterocycles. The fourth-order valence-corrected chi connectivity index (χ4v) is 2.19. The van der Waals surface area contributed by atoms with E-state index in [1.165, 1.54) is 6.20 Å². The van der Waals surface area contributed by atoms with Crippen molar-refractivity contribution in [1.82, 2.24) is 9.97 Å². The summed E-state index contributed by atoms with van der Waals surface area (Å²) in [6, 6.07) is 0. The zero-order valence-electron chi connectivity index (χ0n) is 12.0. The molecule has 114 valence electrons. The third-order valence-electron chi connectivity index (χ3n) is 3.47. The van der Waals surface area contributed by atoms with Gasteiger partial charge >= 0.3 is 11.9 Å². The molecule has 1 fully saturated rings. The summed E-state index contributed by atoms with van der Waals surface area (Å²) in [5.41, 5.74) is 5.33. The van der Waals surface area contributed by atoms with Gasteiger partial charge in [0.2, 0.25) is 5.95 Å². The zero-order chi connectivity index (χ0) is 15.6. The maximum Gasteiger partial charge on any atom is 0.341 e. The van der Waals surface area contributed by atoms with Crippen LogP contribution in [0.1, 0.15) is 29.4 Å². The molecule has 1 unspecified atom stereocenters. The van der Waals surface area contributed by atoms with Gasteiger partial charge in [-0.15, -0.1) is 0 Å². The van der Waals surface area contributed by atoms with Crippen molar-refractivity contribution in [2.45, 2.75) is 25.8 Å². The van der Waals surface area contributed by atoms with E-state index in [4.69, 9.17) is 15.6 Å². The summed E-state index contributed by atoms with van der Waals surface area (Å²) in [7, 11) is 0. The SMILES string of the molecule is CCOC(=O)c1cnc(N2CCC(N)(C(=O)O)C2)nc1C. The summed E-state index contributed by atoms with van der Waals surface area (Å²) >= 11 is 0. The topological polar surface area (TPSA) is 119 Å². The Morgan fingerprint density at radius 2 is 2.29 bits per heavy atom. The molecular weight excluding hydrogens is 276 g/mol. The van der Waals surface area contributed by atoms with Gasteiger partial charge in [0, 0.05) is 19.3 Å². The molecular formula is C13H18N4O4. The predicted molar refractivity (Wildman–Crippen MR) is 74.1 cm³/mol. The van der Waals surface area contributed by atoms with Crippen LogP contribution in [0.5, 0.6) is 0 Å². The van der Waals surface area contributed by atoms with Crippen molar-refractivity contribution in [2.75, 3.05) is 24.6 Å². The van der Waals surface area contributed by atoms with Gasteiger partial charge in [-0.2, -0.15) is 0 Å². The Labute approximate surface area is 121 Å². The van der Waals surface area contributed by atoms with Gasteiger partial charge in [-0.25, -0.2) is 14.8 Å². The Balaban J connectivity index is 2.18. The highest BCUT2D eigenvalue weighted by molar-refractivity contribution is 5.90. The van der Waals surface area contributed by atoms with Crippen LogP contribution in [0, 0.1) is 6.92 Å². The summed E-state index contributed by atoms with van der Waals surface area (Å²) < 4.78 is 4.91. The summed E-state index contributed by atoms with van der Waals surface area (Å²) in [4.78, 5) is 32.9. The molecule has 0 aromatic carbocycles. The van der Waals surface area contributed by atoms with Crippen molar-refractivity contribution in [2.24, 2.45) is 5.73 Å². The lowest BCUT2D eigenvalue weighted by Crippen LogP contribution is -2.50.